The molecule has 0 aliphatic rings. The third-order valence-electron chi connectivity index (χ3n) is 2.63. The van der Waals surface area contributed by atoms with E-state index in [0.29, 0.717) is 13.1 Å². The highest BCUT2D eigenvalue weighted by atomic mass is 19.1. The molecule has 0 radical (unpaired) electrons. The second-order valence-electron chi connectivity index (χ2n) is 4.46. The van der Waals surface area contributed by atoms with E-state index in [9.17, 15) is 4.39 Å². The smallest absolute Gasteiger partial charge is 0.146 e. The van der Waals surface area contributed by atoms with Gasteiger partial charge in [0.15, 0.2) is 0 Å². The Balaban J connectivity index is 1.98. The number of anilines is 1. The van der Waals surface area contributed by atoms with Crippen molar-refractivity contribution in [3.63, 3.8) is 0 Å². The van der Waals surface area contributed by atoms with Crippen LogP contribution in [0.1, 0.15) is 17.0 Å². The van der Waals surface area contributed by atoms with Crippen molar-refractivity contribution in [1.29, 1.82) is 0 Å². The molecular weight excluding hydrogens is 233 g/mol. The number of hydrogen-bond acceptors (Lipinski definition) is 4. The Morgan fingerprint density at radius 2 is 2.11 bits per heavy atom. The van der Waals surface area contributed by atoms with Crippen molar-refractivity contribution in [3.05, 3.63) is 47.1 Å². The lowest BCUT2D eigenvalue weighted by Gasteiger charge is -2.15. The number of nitrogens with two attached hydrogens (primary N) is 1. The number of benzene rings is 1. The van der Waals surface area contributed by atoms with Crippen molar-refractivity contribution in [2.45, 2.75) is 20.0 Å². The van der Waals surface area contributed by atoms with E-state index in [4.69, 9.17) is 10.3 Å². The van der Waals surface area contributed by atoms with Crippen LogP contribution in [-0.2, 0) is 13.1 Å². The van der Waals surface area contributed by atoms with Gasteiger partial charge in [-0.25, -0.2) is 4.39 Å². The van der Waals surface area contributed by atoms with Crippen LogP contribution in [-0.4, -0.2) is 17.1 Å². The molecule has 2 aromatic rings. The van der Waals surface area contributed by atoms with Crippen LogP contribution in [0.15, 0.2) is 28.8 Å². The first-order valence-corrected chi connectivity index (χ1v) is 5.69. The molecule has 2 rings (SSSR count). The van der Waals surface area contributed by atoms with E-state index in [2.05, 4.69) is 5.16 Å². The van der Waals surface area contributed by atoms with Crippen LogP contribution in [0.4, 0.5) is 10.1 Å². The van der Waals surface area contributed by atoms with E-state index in [1.54, 1.807) is 6.07 Å². The van der Waals surface area contributed by atoms with Gasteiger partial charge in [-0.2, -0.15) is 0 Å². The van der Waals surface area contributed by atoms with Gasteiger partial charge >= 0.3 is 0 Å². The van der Waals surface area contributed by atoms with E-state index in [1.807, 2.05) is 31.0 Å². The molecule has 0 amide bonds. The van der Waals surface area contributed by atoms with Crippen molar-refractivity contribution in [2.75, 3.05) is 12.8 Å². The largest absolute Gasteiger partial charge is 0.396 e. The summed E-state index contributed by atoms with van der Waals surface area (Å²) in [7, 11) is 1.94. The Hall–Kier alpha value is -1.88. The second-order valence-corrected chi connectivity index (χ2v) is 4.46. The Bertz CT molecular complexity index is 539. The molecule has 0 fully saturated rings. The molecule has 0 atom stereocenters. The molecule has 5 heteroatoms. The van der Waals surface area contributed by atoms with E-state index in [-0.39, 0.29) is 11.5 Å². The molecule has 4 nitrogen and oxygen atoms in total. The average Bonchev–Trinajstić information content (AvgIpc) is 2.69. The summed E-state index contributed by atoms with van der Waals surface area (Å²) in [6, 6.07) is 6.75. The quantitative estimate of drug-likeness (QED) is 0.845. The fourth-order valence-corrected chi connectivity index (χ4v) is 1.81. The molecule has 2 N–H and O–H groups in total. The number of aryl methyl sites for hydroxylation is 1. The average molecular weight is 249 g/mol. The molecule has 0 aliphatic carbocycles. The summed E-state index contributed by atoms with van der Waals surface area (Å²) in [4.78, 5) is 2.03. The van der Waals surface area contributed by atoms with Crippen LogP contribution in [0.2, 0.25) is 0 Å². The Morgan fingerprint density at radius 1 is 1.33 bits per heavy atom. The zero-order valence-electron chi connectivity index (χ0n) is 10.5. The van der Waals surface area contributed by atoms with E-state index < -0.39 is 0 Å². The predicted molar refractivity (Wildman–Crippen MR) is 67.2 cm³/mol. The zero-order chi connectivity index (χ0) is 13.1. The predicted octanol–water partition coefficient (Wildman–Crippen LogP) is 2.34. The van der Waals surface area contributed by atoms with Crippen molar-refractivity contribution < 1.29 is 8.91 Å². The number of nitrogens with zero attached hydrogens (tertiary/aromatic N) is 2. The first-order chi connectivity index (χ1) is 8.54. The molecule has 1 heterocycles. The van der Waals surface area contributed by atoms with Crippen LogP contribution in [0.3, 0.4) is 0 Å². The van der Waals surface area contributed by atoms with Gasteiger partial charge in [0.2, 0.25) is 0 Å². The van der Waals surface area contributed by atoms with Crippen molar-refractivity contribution >= 4 is 5.69 Å². The van der Waals surface area contributed by atoms with Crippen LogP contribution in [0.25, 0.3) is 0 Å². The topological polar surface area (TPSA) is 55.3 Å². The highest BCUT2D eigenvalue weighted by Crippen LogP contribution is 2.14. The van der Waals surface area contributed by atoms with Gasteiger partial charge in [-0.3, -0.25) is 4.90 Å². The summed E-state index contributed by atoms with van der Waals surface area (Å²) in [5.74, 6) is 0.412. The third-order valence-corrected chi connectivity index (χ3v) is 2.63. The van der Waals surface area contributed by atoms with Crippen LogP contribution < -0.4 is 5.73 Å². The number of aromatic nitrogens is 1. The van der Waals surface area contributed by atoms with E-state index in [0.717, 1.165) is 17.0 Å². The van der Waals surface area contributed by atoms with Crippen molar-refractivity contribution in [3.8, 4) is 0 Å². The monoisotopic (exact) mass is 249 g/mol. The summed E-state index contributed by atoms with van der Waals surface area (Å²) in [6.45, 7) is 3.14. The van der Waals surface area contributed by atoms with Crippen LogP contribution in [0, 0.1) is 12.7 Å². The molecule has 0 unspecified atom stereocenters. The lowest BCUT2D eigenvalue weighted by molar-refractivity contribution is 0.301. The van der Waals surface area contributed by atoms with E-state index >= 15 is 0 Å². The maximum Gasteiger partial charge on any atom is 0.146 e. The maximum atomic E-state index is 13.3. The number of hydrogen-bond donors (Lipinski definition) is 1. The Kier molecular flexibility index (Phi) is 3.62. The molecule has 0 saturated heterocycles. The summed E-state index contributed by atoms with van der Waals surface area (Å²) in [6.07, 6.45) is 0. The second kappa shape index (κ2) is 5.18. The SMILES string of the molecule is Cc1cc(CN(C)Cc2ccc(N)c(F)c2)no1. The van der Waals surface area contributed by atoms with Crippen molar-refractivity contribution in [1.82, 2.24) is 10.1 Å². The summed E-state index contributed by atoms with van der Waals surface area (Å²) >= 11 is 0. The molecule has 96 valence electrons. The number of halogens is 1. The van der Waals surface area contributed by atoms with Gasteiger partial charge in [0, 0.05) is 19.2 Å². The molecule has 1 aromatic carbocycles. The number of rotatable bonds is 4. The molecule has 0 spiro atoms. The fourth-order valence-electron chi connectivity index (χ4n) is 1.81. The minimum atomic E-state index is -0.377. The first-order valence-electron chi connectivity index (χ1n) is 5.69. The summed E-state index contributed by atoms with van der Waals surface area (Å²) < 4.78 is 18.3. The van der Waals surface area contributed by atoms with Gasteiger partial charge < -0.3 is 10.3 Å². The molecular formula is C13H16FN3O. The van der Waals surface area contributed by atoms with Crippen LogP contribution >= 0.6 is 0 Å². The molecule has 18 heavy (non-hydrogen) atoms. The lowest BCUT2D eigenvalue weighted by atomic mass is 10.2. The van der Waals surface area contributed by atoms with Gasteiger partial charge in [-0.05, 0) is 31.7 Å². The fraction of sp³-hybridized carbons (Fsp3) is 0.308. The molecule has 1 aromatic heterocycles. The molecule has 0 aliphatic heterocycles. The maximum absolute atomic E-state index is 13.3. The zero-order valence-corrected chi connectivity index (χ0v) is 10.5. The summed E-state index contributed by atoms with van der Waals surface area (Å²) in [5.41, 5.74) is 7.36. The third kappa shape index (κ3) is 3.07. The van der Waals surface area contributed by atoms with Crippen molar-refractivity contribution in [2.24, 2.45) is 0 Å². The van der Waals surface area contributed by atoms with Gasteiger partial charge in [0.25, 0.3) is 0 Å². The van der Waals surface area contributed by atoms with Gasteiger partial charge in [0.1, 0.15) is 11.6 Å². The highest BCUT2D eigenvalue weighted by molar-refractivity contribution is 5.41. The van der Waals surface area contributed by atoms with Gasteiger partial charge in [-0.1, -0.05) is 11.2 Å². The van der Waals surface area contributed by atoms with Gasteiger partial charge in [-0.15, -0.1) is 0 Å². The van der Waals surface area contributed by atoms with E-state index in [1.165, 1.54) is 6.07 Å². The lowest BCUT2D eigenvalue weighted by Crippen LogP contribution is -2.17. The van der Waals surface area contributed by atoms with Crippen LogP contribution in [0.5, 0.6) is 0 Å². The normalized spacial score (nSPS) is 11.1. The highest BCUT2D eigenvalue weighted by Gasteiger charge is 2.07. The minimum absolute atomic E-state index is 0.175. The Morgan fingerprint density at radius 3 is 2.72 bits per heavy atom. The first kappa shape index (κ1) is 12.6. The van der Waals surface area contributed by atoms with Gasteiger partial charge in [0.05, 0.1) is 11.4 Å². The number of nitrogen functional groups attached to an aromatic ring is 1. The Labute approximate surface area is 105 Å². The molecule has 0 bridgehead atoms. The minimum Gasteiger partial charge on any atom is -0.396 e. The summed E-state index contributed by atoms with van der Waals surface area (Å²) in [5, 5.41) is 3.92. The standard InChI is InChI=1S/C13H16FN3O/c1-9-5-11(16-18-9)8-17(2)7-10-3-4-13(15)12(14)6-10/h3-6H,7-8,15H2,1-2H3. The molecule has 0 saturated carbocycles.